The van der Waals surface area contributed by atoms with Crippen LogP contribution in [0.15, 0.2) is 24.3 Å². The van der Waals surface area contributed by atoms with Crippen LogP contribution in [0, 0.1) is 11.8 Å². The summed E-state index contributed by atoms with van der Waals surface area (Å²) in [5.41, 5.74) is 2.11. The van der Waals surface area contributed by atoms with Crippen LogP contribution in [0.2, 0.25) is 0 Å². The summed E-state index contributed by atoms with van der Waals surface area (Å²) in [4.78, 5) is 11.6. The Balaban J connectivity index is 1.85. The van der Waals surface area contributed by atoms with Gasteiger partial charge in [0.05, 0.1) is 0 Å². The molecule has 3 nitrogen and oxygen atoms in total. The van der Waals surface area contributed by atoms with Crippen molar-refractivity contribution < 1.29 is 4.79 Å². The second-order valence-electron chi connectivity index (χ2n) is 5.42. The molecule has 2 rings (SSSR count). The lowest BCUT2D eigenvalue weighted by Crippen LogP contribution is -2.18. The summed E-state index contributed by atoms with van der Waals surface area (Å²) in [6, 6.07) is 8.06. The number of anilines is 1. The van der Waals surface area contributed by atoms with Crippen molar-refractivity contribution in [2.75, 3.05) is 11.9 Å². The summed E-state index contributed by atoms with van der Waals surface area (Å²) < 4.78 is 0. The maximum atomic E-state index is 11.6. The molecule has 1 aromatic rings. The third-order valence-electron chi connectivity index (χ3n) is 3.18. The third kappa shape index (κ3) is 4.15. The average Bonchev–Trinajstić information content (AvgIpc) is 3.13. The Bertz CT molecular complexity index is 411. The first-order valence-corrected chi connectivity index (χ1v) is 6.75. The summed E-state index contributed by atoms with van der Waals surface area (Å²) in [6.45, 7) is 5.79. The molecular weight excluding hydrogens is 224 g/mol. The summed E-state index contributed by atoms with van der Waals surface area (Å²) in [7, 11) is 0. The summed E-state index contributed by atoms with van der Waals surface area (Å²) >= 11 is 0. The Hall–Kier alpha value is -1.35. The van der Waals surface area contributed by atoms with E-state index in [0.717, 1.165) is 24.7 Å². The fraction of sp³-hybridized carbons (Fsp3) is 0.533. The molecule has 0 radical (unpaired) electrons. The Kier molecular flexibility index (Phi) is 4.37. The van der Waals surface area contributed by atoms with Crippen molar-refractivity contribution in [1.82, 2.24) is 5.32 Å². The number of carbonyl (C=O) groups excluding carboxylic acids is 1. The number of hydrogen-bond donors (Lipinski definition) is 2. The summed E-state index contributed by atoms with van der Waals surface area (Å²) in [5.74, 6) is 0.980. The van der Waals surface area contributed by atoms with Gasteiger partial charge in [-0.05, 0) is 43.0 Å². The number of amides is 1. The molecule has 0 saturated heterocycles. The van der Waals surface area contributed by atoms with Gasteiger partial charge in [-0.15, -0.1) is 0 Å². The van der Waals surface area contributed by atoms with Gasteiger partial charge in [0.1, 0.15) is 0 Å². The van der Waals surface area contributed by atoms with Crippen molar-refractivity contribution in [1.29, 1.82) is 0 Å². The summed E-state index contributed by atoms with van der Waals surface area (Å²) in [6.07, 6.45) is 2.75. The molecule has 18 heavy (non-hydrogen) atoms. The van der Waals surface area contributed by atoms with E-state index < -0.39 is 0 Å². The van der Waals surface area contributed by atoms with Crippen LogP contribution in [0.3, 0.4) is 0 Å². The molecule has 0 atom stereocenters. The molecule has 0 heterocycles. The minimum absolute atomic E-state index is 0.0154. The molecule has 0 unspecified atom stereocenters. The van der Waals surface area contributed by atoms with Crippen molar-refractivity contribution in [2.24, 2.45) is 11.8 Å². The Morgan fingerprint density at radius 3 is 2.83 bits per heavy atom. The lowest BCUT2D eigenvalue weighted by atomic mass is 10.1. The highest BCUT2D eigenvalue weighted by Crippen LogP contribution is 2.27. The maximum absolute atomic E-state index is 11.6. The lowest BCUT2D eigenvalue weighted by molar-refractivity contribution is -0.118. The van der Waals surface area contributed by atoms with Crippen LogP contribution in [0.5, 0.6) is 0 Å². The number of rotatable bonds is 6. The van der Waals surface area contributed by atoms with E-state index >= 15 is 0 Å². The van der Waals surface area contributed by atoms with Gasteiger partial charge < -0.3 is 10.6 Å². The molecule has 98 valence electrons. The van der Waals surface area contributed by atoms with Gasteiger partial charge in [0, 0.05) is 18.2 Å². The van der Waals surface area contributed by atoms with Crippen molar-refractivity contribution in [3.63, 3.8) is 0 Å². The van der Waals surface area contributed by atoms with Gasteiger partial charge in [-0.1, -0.05) is 26.0 Å². The van der Waals surface area contributed by atoms with Crippen LogP contribution in [0.25, 0.3) is 0 Å². The zero-order valence-corrected chi connectivity index (χ0v) is 11.2. The van der Waals surface area contributed by atoms with E-state index in [9.17, 15) is 4.79 Å². The monoisotopic (exact) mass is 246 g/mol. The molecule has 0 bridgehead atoms. The Labute approximate surface area is 109 Å². The number of nitrogens with one attached hydrogen (secondary N) is 2. The van der Waals surface area contributed by atoms with Crippen LogP contribution < -0.4 is 10.6 Å². The highest BCUT2D eigenvalue weighted by atomic mass is 16.1. The highest BCUT2D eigenvalue weighted by molar-refractivity contribution is 5.92. The lowest BCUT2D eigenvalue weighted by Gasteiger charge is -2.09. The smallest absolute Gasteiger partial charge is 0.226 e. The Morgan fingerprint density at radius 2 is 2.17 bits per heavy atom. The number of hydrogen-bond acceptors (Lipinski definition) is 2. The van der Waals surface area contributed by atoms with E-state index in [4.69, 9.17) is 0 Å². The molecule has 1 saturated carbocycles. The van der Waals surface area contributed by atoms with E-state index in [0.29, 0.717) is 0 Å². The van der Waals surface area contributed by atoms with E-state index in [1.807, 2.05) is 32.0 Å². The van der Waals surface area contributed by atoms with Gasteiger partial charge in [-0.2, -0.15) is 0 Å². The molecule has 0 aromatic heterocycles. The number of benzene rings is 1. The highest BCUT2D eigenvalue weighted by Gasteiger charge is 2.20. The van der Waals surface area contributed by atoms with Crippen LogP contribution in [0.1, 0.15) is 32.3 Å². The van der Waals surface area contributed by atoms with Crippen LogP contribution in [-0.4, -0.2) is 12.5 Å². The van der Waals surface area contributed by atoms with E-state index in [-0.39, 0.29) is 11.8 Å². The van der Waals surface area contributed by atoms with Crippen LogP contribution >= 0.6 is 0 Å². The summed E-state index contributed by atoms with van der Waals surface area (Å²) in [5, 5.41) is 6.38. The minimum atomic E-state index is 0.0154. The zero-order valence-electron chi connectivity index (χ0n) is 11.2. The minimum Gasteiger partial charge on any atom is -0.326 e. The van der Waals surface area contributed by atoms with Crippen LogP contribution in [-0.2, 0) is 11.3 Å². The van der Waals surface area contributed by atoms with Gasteiger partial charge in [0.15, 0.2) is 0 Å². The Morgan fingerprint density at radius 1 is 1.39 bits per heavy atom. The molecule has 1 aliphatic rings. The first-order chi connectivity index (χ1) is 8.65. The van der Waals surface area contributed by atoms with E-state index in [2.05, 4.69) is 16.7 Å². The molecule has 3 heteroatoms. The van der Waals surface area contributed by atoms with Crippen LogP contribution in [0.4, 0.5) is 5.69 Å². The molecule has 1 amide bonds. The maximum Gasteiger partial charge on any atom is 0.226 e. The molecular formula is C15H22N2O. The normalized spacial score (nSPS) is 14.8. The molecule has 1 aromatic carbocycles. The molecule has 0 spiro atoms. The van der Waals surface area contributed by atoms with Gasteiger partial charge >= 0.3 is 0 Å². The standard InChI is InChI=1S/C15H22N2O/c1-11(2)15(18)17-14-5-3-4-13(8-14)10-16-9-12-6-7-12/h3-5,8,11-12,16H,6-7,9-10H2,1-2H3,(H,17,18). The predicted molar refractivity (Wildman–Crippen MR) is 74.3 cm³/mol. The van der Waals surface area contributed by atoms with Gasteiger partial charge in [-0.3, -0.25) is 4.79 Å². The van der Waals surface area contributed by atoms with Gasteiger partial charge in [0.2, 0.25) is 5.91 Å². The van der Waals surface area contributed by atoms with Crippen molar-refractivity contribution in [3.05, 3.63) is 29.8 Å². The fourth-order valence-corrected chi connectivity index (χ4v) is 1.79. The number of carbonyl (C=O) groups is 1. The average molecular weight is 246 g/mol. The van der Waals surface area contributed by atoms with E-state index in [1.165, 1.54) is 18.4 Å². The topological polar surface area (TPSA) is 41.1 Å². The quantitative estimate of drug-likeness (QED) is 0.810. The molecule has 2 N–H and O–H groups in total. The first kappa shape index (κ1) is 13.1. The van der Waals surface area contributed by atoms with Gasteiger partial charge in [-0.25, -0.2) is 0 Å². The largest absolute Gasteiger partial charge is 0.326 e. The molecule has 0 aliphatic heterocycles. The predicted octanol–water partition coefficient (Wildman–Crippen LogP) is 2.78. The second kappa shape index (κ2) is 6.01. The second-order valence-corrected chi connectivity index (χ2v) is 5.42. The van der Waals surface area contributed by atoms with E-state index in [1.54, 1.807) is 0 Å². The van der Waals surface area contributed by atoms with Gasteiger partial charge in [0.25, 0.3) is 0 Å². The third-order valence-corrected chi connectivity index (χ3v) is 3.18. The van der Waals surface area contributed by atoms with Crippen molar-refractivity contribution in [3.8, 4) is 0 Å². The zero-order chi connectivity index (χ0) is 13.0. The molecule has 1 fully saturated rings. The first-order valence-electron chi connectivity index (χ1n) is 6.75. The van der Waals surface area contributed by atoms with Crippen molar-refractivity contribution >= 4 is 11.6 Å². The van der Waals surface area contributed by atoms with Crippen molar-refractivity contribution in [2.45, 2.75) is 33.2 Å². The fourth-order valence-electron chi connectivity index (χ4n) is 1.79. The molecule has 1 aliphatic carbocycles. The SMILES string of the molecule is CC(C)C(=O)Nc1cccc(CNCC2CC2)c1.